The van der Waals surface area contributed by atoms with E-state index in [0.29, 0.717) is 11.3 Å². The Morgan fingerprint density at radius 2 is 2.29 bits per heavy atom. The van der Waals surface area contributed by atoms with Crippen LogP contribution in [0.5, 0.6) is 5.75 Å². The summed E-state index contributed by atoms with van der Waals surface area (Å²) in [6.07, 6.45) is 1.08. The minimum atomic E-state index is -0.459. The number of benzene rings is 1. The van der Waals surface area contributed by atoms with E-state index in [1.807, 2.05) is 19.9 Å². The summed E-state index contributed by atoms with van der Waals surface area (Å²) >= 11 is 5.35. The van der Waals surface area contributed by atoms with E-state index in [1.165, 1.54) is 0 Å². The molecule has 0 amide bonds. The minimum absolute atomic E-state index is 0.149. The van der Waals surface area contributed by atoms with Crippen LogP contribution in [0.15, 0.2) is 24.3 Å². The molecular formula is C11H13ClO2. The predicted octanol–water partition coefficient (Wildman–Crippen LogP) is 3.24. The number of carbonyl (C=O) groups excluding carboxylic acids is 1. The third-order valence-electron chi connectivity index (χ3n) is 1.97. The number of hydrogen-bond donors (Lipinski definition) is 0. The molecule has 2 nitrogen and oxygen atoms in total. The zero-order valence-electron chi connectivity index (χ0n) is 8.29. The number of carbonyl (C=O) groups is 1. The quantitative estimate of drug-likeness (QED) is 0.717. The largest absolute Gasteiger partial charge is 0.491 e. The van der Waals surface area contributed by atoms with Crippen LogP contribution < -0.4 is 4.74 Å². The van der Waals surface area contributed by atoms with Gasteiger partial charge in [-0.15, -0.1) is 0 Å². The highest BCUT2D eigenvalue weighted by Gasteiger charge is 2.05. The maximum atomic E-state index is 10.9. The SMILES string of the molecule is CC[C@@H](C)Oc1cccc(C(=O)Cl)c1. The van der Waals surface area contributed by atoms with Gasteiger partial charge in [0.2, 0.25) is 0 Å². The molecule has 0 fully saturated rings. The first kappa shape index (κ1) is 11.1. The molecule has 1 aromatic carbocycles. The van der Waals surface area contributed by atoms with Crippen molar-refractivity contribution < 1.29 is 9.53 Å². The molecule has 0 saturated carbocycles. The Balaban J connectivity index is 2.78. The van der Waals surface area contributed by atoms with Crippen molar-refractivity contribution in [1.82, 2.24) is 0 Å². The highest BCUT2D eigenvalue weighted by atomic mass is 35.5. The van der Waals surface area contributed by atoms with Gasteiger partial charge in [0.05, 0.1) is 6.10 Å². The summed E-state index contributed by atoms with van der Waals surface area (Å²) in [7, 11) is 0. The summed E-state index contributed by atoms with van der Waals surface area (Å²) in [5.41, 5.74) is 0.465. The number of rotatable bonds is 4. The monoisotopic (exact) mass is 212 g/mol. The lowest BCUT2D eigenvalue weighted by molar-refractivity contribution is 0.108. The van der Waals surface area contributed by atoms with Gasteiger partial charge in [-0.3, -0.25) is 4.79 Å². The van der Waals surface area contributed by atoms with Crippen LogP contribution in [0.2, 0.25) is 0 Å². The fourth-order valence-electron chi connectivity index (χ4n) is 1.01. The topological polar surface area (TPSA) is 26.3 Å². The van der Waals surface area contributed by atoms with E-state index >= 15 is 0 Å². The van der Waals surface area contributed by atoms with Crippen molar-refractivity contribution in [2.24, 2.45) is 0 Å². The Bertz CT molecular complexity index is 323. The Morgan fingerprint density at radius 1 is 1.57 bits per heavy atom. The molecule has 0 aliphatic heterocycles. The van der Waals surface area contributed by atoms with E-state index in [1.54, 1.807) is 18.2 Å². The van der Waals surface area contributed by atoms with Gasteiger partial charge in [0.1, 0.15) is 5.75 Å². The predicted molar refractivity (Wildman–Crippen MR) is 57.0 cm³/mol. The van der Waals surface area contributed by atoms with Crippen LogP contribution in [-0.2, 0) is 0 Å². The number of hydrogen-bond acceptors (Lipinski definition) is 2. The highest BCUT2D eigenvalue weighted by Crippen LogP contribution is 2.16. The van der Waals surface area contributed by atoms with E-state index in [4.69, 9.17) is 16.3 Å². The van der Waals surface area contributed by atoms with Gasteiger partial charge in [0.15, 0.2) is 0 Å². The average Bonchev–Trinajstić information content (AvgIpc) is 2.18. The van der Waals surface area contributed by atoms with Gasteiger partial charge in [-0.2, -0.15) is 0 Å². The van der Waals surface area contributed by atoms with Crippen LogP contribution >= 0.6 is 11.6 Å². The van der Waals surface area contributed by atoms with E-state index in [2.05, 4.69) is 0 Å². The maximum Gasteiger partial charge on any atom is 0.252 e. The lowest BCUT2D eigenvalue weighted by Crippen LogP contribution is -2.09. The molecule has 0 unspecified atom stereocenters. The molecule has 0 spiro atoms. The minimum Gasteiger partial charge on any atom is -0.491 e. The lowest BCUT2D eigenvalue weighted by atomic mass is 10.2. The van der Waals surface area contributed by atoms with Gasteiger partial charge in [0, 0.05) is 5.56 Å². The Kier molecular flexibility index (Phi) is 3.96. The fourth-order valence-corrected chi connectivity index (χ4v) is 1.12. The first-order valence-corrected chi connectivity index (χ1v) is 4.97. The molecule has 76 valence electrons. The highest BCUT2D eigenvalue weighted by molar-refractivity contribution is 6.67. The van der Waals surface area contributed by atoms with Crippen molar-refractivity contribution in [3.63, 3.8) is 0 Å². The van der Waals surface area contributed by atoms with Crippen molar-refractivity contribution >= 4 is 16.8 Å². The van der Waals surface area contributed by atoms with Gasteiger partial charge >= 0.3 is 0 Å². The second-order valence-corrected chi connectivity index (χ2v) is 3.48. The van der Waals surface area contributed by atoms with Crippen LogP contribution in [0.1, 0.15) is 30.6 Å². The molecule has 0 radical (unpaired) electrons. The summed E-state index contributed by atoms with van der Waals surface area (Å²) in [5.74, 6) is 0.686. The van der Waals surface area contributed by atoms with E-state index < -0.39 is 5.24 Å². The van der Waals surface area contributed by atoms with Crippen molar-refractivity contribution in [2.45, 2.75) is 26.4 Å². The van der Waals surface area contributed by atoms with Crippen LogP contribution in [0.3, 0.4) is 0 Å². The van der Waals surface area contributed by atoms with Gasteiger partial charge in [-0.25, -0.2) is 0 Å². The second kappa shape index (κ2) is 5.01. The fraction of sp³-hybridized carbons (Fsp3) is 0.364. The molecule has 0 aliphatic rings. The van der Waals surface area contributed by atoms with Gasteiger partial charge in [-0.05, 0) is 43.1 Å². The average molecular weight is 213 g/mol. The molecule has 0 aliphatic carbocycles. The smallest absolute Gasteiger partial charge is 0.252 e. The van der Waals surface area contributed by atoms with Crippen LogP contribution in [0, 0.1) is 0 Å². The molecule has 0 bridgehead atoms. The molecule has 1 rings (SSSR count). The molecule has 1 atom stereocenters. The summed E-state index contributed by atoms with van der Waals surface area (Å²) in [6.45, 7) is 4.02. The van der Waals surface area contributed by atoms with Crippen molar-refractivity contribution in [1.29, 1.82) is 0 Å². The Labute approximate surface area is 88.8 Å². The summed E-state index contributed by atoms with van der Waals surface area (Å²) in [6, 6.07) is 6.89. The second-order valence-electron chi connectivity index (χ2n) is 3.14. The zero-order chi connectivity index (χ0) is 10.6. The molecule has 14 heavy (non-hydrogen) atoms. The number of ether oxygens (including phenoxy) is 1. The van der Waals surface area contributed by atoms with Gasteiger partial charge < -0.3 is 4.74 Å². The standard InChI is InChI=1S/C11H13ClO2/c1-3-8(2)14-10-6-4-5-9(7-10)11(12)13/h4-8H,3H2,1-2H3/t8-/m1/s1. The summed E-state index contributed by atoms with van der Waals surface area (Å²) in [5, 5.41) is -0.459. The number of halogens is 1. The van der Waals surface area contributed by atoms with E-state index in [0.717, 1.165) is 6.42 Å². The first-order valence-electron chi connectivity index (χ1n) is 4.60. The van der Waals surface area contributed by atoms with Crippen molar-refractivity contribution in [3.05, 3.63) is 29.8 Å². The van der Waals surface area contributed by atoms with Crippen LogP contribution in [0.25, 0.3) is 0 Å². The molecular weight excluding hydrogens is 200 g/mol. The Hall–Kier alpha value is -1.02. The summed E-state index contributed by atoms with van der Waals surface area (Å²) in [4.78, 5) is 10.9. The van der Waals surface area contributed by atoms with Crippen LogP contribution in [-0.4, -0.2) is 11.3 Å². The molecule has 0 saturated heterocycles. The zero-order valence-corrected chi connectivity index (χ0v) is 9.04. The molecule has 3 heteroatoms. The first-order chi connectivity index (χ1) is 6.63. The third kappa shape index (κ3) is 3.04. The normalized spacial score (nSPS) is 12.2. The van der Waals surface area contributed by atoms with E-state index in [9.17, 15) is 4.79 Å². The maximum absolute atomic E-state index is 10.9. The molecule has 1 aromatic rings. The van der Waals surface area contributed by atoms with E-state index in [-0.39, 0.29) is 6.10 Å². The van der Waals surface area contributed by atoms with Crippen molar-refractivity contribution in [3.8, 4) is 5.75 Å². The molecule has 0 heterocycles. The van der Waals surface area contributed by atoms with Crippen molar-refractivity contribution in [2.75, 3.05) is 0 Å². The lowest BCUT2D eigenvalue weighted by Gasteiger charge is -2.12. The third-order valence-corrected chi connectivity index (χ3v) is 2.19. The van der Waals surface area contributed by atoms with Gasteiger partial charge in [-0.1, -0.05) is 13.0 Å². The molecule has 0 N–H and O–H groups in total. The summed E-state index contributed by atoms with van der Waals surface area (Å²) < 4.78 is 5.54. The molecule has 0 aromatic heterocycles. The van der Waals surface area contributed by atoms with Crippen LogP contribution in [0.4, 0.5) is 0 Å². The Morgan fingerprint density at radius 3 is 2.86 bits per heavy atom. The van der Waals surface area contributed by atoms with Gasteiger partial charge in [0.25, 0.3) is 5.24 Å².